The molecule has 0 aliphatic heterocycles. The molecule has 0 fully saturated rings. The van der Waals surface area contributed by atoms with Crippen molar-refractivity contribution >= 4 is 0 Å². The van der Waals surface area contributed by atoms with Crippen molar-refractivity contribution in [3.63, 3.8) is 0 Å². The predicted octanol–water partition coefficient (Wildman–Crippen LogP) is 1.61. The van der Waals surface area contributed by atoms with Gasteiger partial charge in [0.15, 0.2) is 0 Å². The summed E-state index contributed by atoms with van der Waals surface area (Å²) < 4.78 is 34.0. The van der Waals surface area contributed by atoms with Crippen LogP contribution in [0.2, 0.25) is 0 Å². The Hall–Kier alpha value is -2.11. The van der Waals surface area contributed by atoms with Gasteiger partial charge in [-0.15, -0.1) is 0 Å². The SMILES string of the molecule is N#CCOCC(F)(F)[C@@]1([N+](=O)[O-])c2ccccc2CCC1N. The Kier molecular flexibility index (Phi) is 4.39. The number of nitrogens with zero attached hydrogens (tertiary/aromatic N) is 2. The van der Waals surface area contributed by atoms with Crippen molar-refractivity contribution in [2.75, 3.05) is 13.2 Å². The first-order chi connectivity index (χ1) is 10.4. The zero-order chi connectivity index (χ0) is 16.4. The molecule has 1 aromatic rings. The molecule has 118 valence electrons. The molecule has 0 amide bonds. The maximum Gasteiger partial charge on any atom is 0.345 e. The molecule has 8 heteroatoms. The van der Waals surface area contributed by atoms with Crippen LogP contribution in [-0.4, -0.2) is 30.1 Å². The number of nitriles is 1. The van der Waals surface area contributed by atoms with E-state index in [0.29, 0.717) is 12.0 Å². The Morgan fingerprint density at radius 1 is 1.55 bits per heavy atom. The van der Waals surface area contributed by atoms with Crippen LogP contribution in [0, 0.1) is 21.4 Å². The third kappa shape index (κ3) is 2.32. The lowest BCUT2D eigenvalue weighted by Gasteiger charge is -2.40. The lowest BCUT2D eigenvalue weighted by atomic mass is 9.70. The van der Waals surface area contributed by atoms with Crippen molar-refractivity contribution in [2.24, 2.45) is 5.73 Å². The third-order valence-electron chi connectivity index (χ3n) is 3.98. The van der Waals surface area contributed by atoms with E-state index in [1.54, 1.807) is 18.2 Å². The van der Waals surface area contributed by atoms with Gasteiger partial charge in [0.25, 0.3) is 0 Å². The van der Waals surface area contributed by atoms with E-state index >= 15 is 0 Å². The zero-order valence-corrected chi connectivity index (χ0v) is 11.7. The van der Waals surface area contributed by atoms with Gasteiger partial charge in [-0.1, -0.05) is 24.3 Å². The summed E-state index contributed by atoms with van der Waals surface area (Å²) in [5.41, 5.74) is 3.43. The molecule has 1 unspecified atom stereocenters. The Morgan fingerprint density at radius 2 is 2.23 bits per heavy atom. The molecule has 0 radical (unpaired) electrons. The number of halogens is 2. The monoisotopic (exact) mass is 311 g/mol. The van der Waals surface area contributed by atoms with Crippen LogP contribution in [0.5, 0.6) is 0 Å². The summed E-state index contributed by atoms with van der Waals surface area (Å²) in [7, 11) is 0. The first-order valence-corrected chi connectivity index (χ1v) is 6.69. The van der Waals surface area contributed by atoms with E-state index in [2.05, 4.69) is 4.74 Å². The molecule has 0 saturated heterocycles. The van der Waals surface area contributed by atoms with Crippen molar-refractivity contribution in [3.8, 4) is 6.07 Å². The summed E-state index contributed by atoms with van der Waals surface area (Å²) in [6.07, 6.45) is 0.480. The normalized spacial score (nSPS) is 24.4. The standard InChI is InChI=1S/C14H15F2N3O3/c15-13(16,9-22-8-7-17)14(19(20)21)11-4-2-1-3-10(11)5-6-12(14)18/h1-4,12H,5-6,8-9,18H2/t12?,14-/m1/s1. The highest BCUT2D eigenvalue weighted by Gasteiger charge is 2.70. The van der Waals surface area contributed by atoms with Crippen molar-refractivity contribution in [2.45, 2.75) is 30.3 Å². The fourth-order valence-corrected chi connectivity index (χ4v) is 3.00. The van der Waals surface area contributed by atoms with Crippen LogP contribution in [0.25, 0.3) is 0 Å². The van der Waals surface area contributed by atoms with E-state index < -0.39 is 35.6 Å². The number of benzene rings is 1. The van der Waals surface area contributed by atoms with Crippen LogP contribution in [0.1, 0.15) is 17.5 Å². The predicted molar refractivity (Wildman–Crippen MR) is 72.8 cm³/mol. The van der Waals surface area contributed by atoms with Crippen molar-refractivity contribution in [1.82, 2.24) is 0 Å². The molecule has 0 spiro atoms. The number of fused-ring (bicyclic) bond motifs is 1. The zero-order valence-electron chi connectivity index (χ0n) is 11.7. The minimum Gasteiger partial charge on any atom is -0.360 e. The topological polar surface area (TPSA) is 102 Å². The van der Waals surface area contributed by atoms with Gasteiger partial charge in [0, 0.05) is 10.5 Å². The second kappa shape index (κ2) is 5.94. The third-order valence-corrected chi connectivity index (χ3v) is 3.98. The van der Waals surface area contributed by atoms with Gasteiger partial charge in [-0.3, -0.25) is 10.1 Å². The molecule has 1 aliphatic rings. The molecule has 1 aromatic carbocycles. The highest BCUT2D eigenvalue weighted by molar-refractivity contribution is 5.38. The van der Waals surface area contributed by atoms with Crippen molar-refractivity contribution in [1.29, 1.82) is 5.26 Å². The van der Waals surface area contributed by atoms with Crippen LogP contribution >= 0.6 is 0 Å². The van der Waals surface area contributed by atoms with E-state index in [9.17, 15) is 18.9 Å². The van der Waals surface area contributed by atoms with E-state index in [1.165, 1.54) is 12.1 Å². The van der Waals surface area contributed by atoms with Crippen molar-refractivity contribution in [3.05, 3.63) is 45.5 Å². The van der Waals surface area contributed by atoms with E-state index in [1.807, 2.05) is 0 Å². The number of aryl methyl sites for hydroxylation is 1. The molecule has 0 aromatic heterocycles. The van der Waals surface area contributed by atoms with Gasteiger partial charge in [0.1, 0.15) is 13.2 Å². The van der Waals surface area contributed by atoms with E-state index in [0.717, 1.165) is 0 Å². The number of ether oxygens (including phenoxy) is 1. The Labute approximate surface area is 125 Å². The lowest BCUT2D eigenvalue weighted by molar-refractivity contribution is -0.617. The number of alkyl halides is 2. The highest BCUT2D eigenvalue weighted by Crippen LogP contribution is 2.47. The van der Waals surface area contributed by atoms with Crippen LogP contribution in [0.15, 0.2) is 24.3 Å². The number of hydrogen-bond acceptors (Lipinski definition) is 5. The van der Waals surface area contributed by atoms with Gasteiger partial charge in [-0.05, 0) is 18.4 Å². The molecule has 2 atom stereocenters. The molecule has 0 heterocycles. The van der Waals surface area contributed by atoms with Crippen molar-refractivity contribution < 1.29 is 18.4 Å². The average molecular weight is 311 g/mol. The molecular weight excluding hydrogens is 296 g/mol. The van der Waals surface area contributed by atoms with Gasteiger partial charge >= 0.3 is 11.5 Å². The van der Waals surface area contributed by atoms with Crippen LogP contribution < -0.4 is 5.73 Å². The van der Waals surface area contributed by atoms with Crippen LogP contribution in [0.3, 0.4) is 0 Å². The van der Waals surface area contributed by atoms with Gasteiger partial charge in [0.05, 0.1) is 12.1 Å². The van der Waals surface area contributed by atoms with Crippen LogP contribution in [-0.2, 0) is 16.7 Å². The Morgan fingerprint density at radius 3 is 2.86 bits per heavy atom. The number of nitro groups is 1. The molecular formula is C14H15F2N3O3. The summed E-state index contributed by atoms with van der Waals surface area (Å²) in [4.78, 5) is 10.6. The molecule has 0 bridgehead atoms. The second-order valence-corrected chi connectivity index (χ2v) is 5.18. The maximum atomic E-state index is 14.7. The minimum absolute atomic E-state index is 0.0752. The second-order valence-electron chi connectivity index (χ2n) is 5.18. The molecule has 2 N–H and O–H groups in total. The average Bonchev–Trinajstić information content (AvgIpc) is 2.46. The summed E-state index contributed by atoms with van der Waals surface area (Å²) >= 11 is 0. The minimum atomic E-state index is -3.84. The maximum absolute atomic E-state index is 14.7. The summed E-state index contributed by atoms with van der Waals surface area (Å²) in [6, 6.07) is 6.23. The Bertz CT molecular complexity index is 618. The van der Waals surface area contributed by atoms with Gasteiger partial charge in [-0.25, -0.2) is 0 Å². The summed E-state index contributed by atoms with van der Waals surface area (Å²) in [5.74, 6) is -3.84. The van der Waals surface area contributed by atoms with Gasteiger partial charge in [0.2, 0.25) is 0 Å². The van der Waals surface area contributed by atoms with Crippen LogP contribution in [0.4, 0.5) is 8.78 Å². The van der Waals surface area contributed by atoms with E-state index in [-0.39, 0.29) is 12.0 Å². The molecule has 6 nitrogen and oxygen atoms in total. The molecule has 1 aliphatic carbocycles. The largest absolute Gasteiger partial charge is 0.360 e. The molecule has 22 heavy (non-hydrogen) atoms. The summed E-state index contributed by atoms with van der Waals surface area (Å²) in [5, 5.41) is 20.0. The van der Waals surface area contributed by atoms with Gasteiger partial charge < -0.3 is 10.5 Å². The molecule has 2 rings (SSSR count). The molecule has 0 saturated carbocycles. The number of nitrogens with two attached hydrogens (primary N) is 1. The highest BCUT2D eigenvalue weighted by atomic mass is 19.3. The quantitative estimate of drug-likeness (QED) is 0.505. The van der Waals surface area contributed by atoms with Gasteiger partial charge in [-0.2, -0.15) is 14.0 Å². The van der Waals surface area contributed by atoms with E-state index in [4.69, 9.17) is 11.0 Å². The number of hydrogen-bond donors (Lipinski definition) is 1. The fourth-order valence-electron chi connectivity index (χ4n) is 3.00. The number of rotatable bonds is 5. The first-order valence-electron chi connectivity index (χ1n) is 6.69. The first kappa shape index (κ1) is 16.3. The fraction of sp³-hybridized carbons (Fsp3) is 0.500. The summed E-state index contributed by atoms with van der Waals surface area (Å²) in [6.45, 7) is -1.80. The Balaban J connectivity index is 2.57. The lowest BCUT2D eigenvalue weighted by Crippen LogP contribution is -2.65. The smallest absolute Gasteiger partial charge is 0.345 e.